The molecule has 0 amide bonds. The van der Waals surface area contributed by atoms with Crippen molar-refractivity contribution in [2.24, 2.45) is 0 Å². The van der Waals surface area contributed by atoms with Gasteiger partial charge in [-0.15, -0.1) is 15.3 Å². The molecule has 7 nitrogen and oxygen atoms in total. The lowest BCUT2D eigenvalue weighted by molar-refractivity contribution is 0.182. The number of hydrogen-bond acceptors (Lipinski definition) is 6. The minimum Gasteiger partial charge on any atom is -0.355 e. The maximum absolute atomic E-state index is 4.90. The Hall–Kier alpha value is -1.73. The largest absolute Gasteiger partial charge is 0.355 e. The van der Waals surface area contributed by atoms with Gasteiger partial charge in [0, 0.05) is 32.1 Å². The normalized spacial score (nSPS) is 23.0. The van der Waals surface area contributed by atoms with Gasteiger partial charge in [0.15, 0.2) is 11.5 Å². The zero-order valence-electron chi connectivity index (χ0n) is 16.3. The summed E-state index contributed by atoms with van der Waals surface area (Å²) in [5, 5.41) is 13.8. The van der Waals surface area contributed by atoms with E-state index in [1.807, 2.05) is 4.52 Å². The molecule has 5 rings (SSSR count). The van der Waals surface area contributed by atoms with Crippen molar-refractivity contribution in [1.82, 2.24) is 29.6 Å². The molecule has 5 heterocycles. The lowest BCUT2D eigenvalue weighted by atomic mass is 9.96. The molecule has 0 unspecified atom stereocenters. The lowest BCUT2D eigenvalue weighted by Crippen LogP contribution is -2.38. The van der Waals surface area contributed by atoms with Crippen LogP contribution in [0.5, 0.6) is 0 Å². The molecule has 0 atom stereocenters. The first kappa shape index (κ1) is 17.4. The number of nitrogens with zero attached hydrogens (tertiary/aromatic N) is 7. The van der Waals surface area contributed by atoms with E-state index in [4.69, 9.17) is 5.10 Å². The highest BCUT2D eigenvalue weighted by Crippen LogP contribution is 2.27. The molecule has 0 spiro atoms. The molecule has 3 aliphatic rings. The number of rotatable bonds is 5. The molecular formula is C20H31N7. The summed E-state index contributed by atoms with van der Waals surface area (Å²) in [6, 6.07) is 4.17. The molecule has 0 N–H and O–H groups in total. The van der Waals surface area contributed by atoms with E-state index in [-0.39, 0.29) is 0 Å². The summed E-state index contributed by atoms with van der Waals surface area (Å²) in [6.07, 6.45) is 7.63. The summed E-state index contributed by atoms with van der Waals surface area (Å²) in [7, 11) is 0. The molecule has 0 bridgehead atoms. The van der Waals surface area contributed by atoms with Gasteiger partial charge in [0.1, 0.15) is 5.82 Å². The molecule has 27 heavy (non-hydrogen) atoms. The van der Waals surface area contributed by atoms with Crippen molar-refractivity contribution < 1.29 is 0 Å². The maximum atomic E-state index is 4.90. The first-order valence-corrected chi connectivity index (χ1v) is 10.8. The molecule has 2 aromatic heterocycles. The molecular weight excluding hydrogens is 338 g/mol. The second-order valence-corrected chi connectivity index (χ2v) is 8.38. The van der Waals surface area contributed by atoms with Crippen molar-refractivity contribution in [3.05, 3.63) is 18.0 Å². The van der Waals surface area contributed by atoms with E-state index in [1.165, 1.54) is 65.0 Å². The van der Waals surface area contributed by atoms with Crippen LogP contribution in [-0.4, -0.2) is 82.0 Å². The van der Waals surface area contributed by atoms with Crippen LogP contribution in [-0.2, 0) is 0 Å². The SMILES string of the molecule is c1cc2nnc(C3CCN(CCN4CCCC4)CC3)n2nc1N1CCCC1. The average molecular weight is 370 g/mol. The summed E-state index contributed by atoms with van der Waals surface area (Å²) in [4.78, 5) is 7.62. The highest BCUT2D eigenvalue weighted by molar-refractivity contribution is 5.46. The van der Waals surface area contributed by atoms with Crippen LogP contribution in [0.3, 0.4) is 0 Å². The van der Waals surface area contributed by atoms with Gasteiger partial charge in [0.05, 0.1) is 0 Å². The van der Waals surface area contributed by atoms with Gasteiger partial charge in [-0.3, -0.25) is 0 Å². The van der Waals surface area contributed by atoms with Crippen LogP contribution in [0.1, 0.15) is 50.3 Å². The predicted octanol–water partition coefficient (Wildman–Crippen LogP) is 2.00. The Morgan fingerprint density at radius 3 is 2.19 bits per heavy atom. The molecule has 0 saturated carbocycles. The van der Waals surface area contributed by atoms with E-state index in [1.54, 1.807) is 0 Å². The second kappa shape index (κ2) is 7.72. The Morgan fingerprint density at radius 1 is 0.778 bits per heavy atom. The van der Waals surface area contributed by atoms with Gasteiger partial charge in [-0.25, -0.2) is 0 Å². The quantitative estimate of drug-likeness (QED) is 0.804. The summed E-state index contributed by atoms with van der Waals surface area (Å²) in [6.45, 7) is 9.61. The van der Waals surface area contributed by atoms with Crippen LogP contribution in [0, 0.1) is 0 Å². The van der Waals surface area contributed by atoms with Crippen LogP contribution >= 0.6 is 0 Å². The third-order valence-electron chi connectivity index (χ3n) is 6.59. The van der Waals surface area contributed by atoms with Crippen LogP contribution in [0.15, 0.2) is 12.1 Å². The fourth-order valence-corrected chi connectivity index (χ4v) is 4.87. The Kier molecular flexibility index (Phi) is 4.97. The van der Waals surface area contributed by atoms with Crippen LogP contribution in [0.2, 0.25) is 0 Å². The van der Waals surface area contributed by atoms with Crippen LogP contribution < -0.4 is 4.90 Å². The molecule has 0 aliphatic carbocycles. The number of aromatic nitrogens is 4. The first-order chi connectivity index (χ1) is 13.4. The summed E-state index contributed by atoms with van der Waals surface area (Å²) >= 11 is 0. The van der Waals surface area contributed by atoms with E-state index in [9.17, 15) is 0 Å². The predicted molar refractivity (Wildman–Crippen MR) is 106 cm³/mol. The van der Waals surface area contributed by atoms with Crippen molar-refractivity contribution in [2.45, 2.75) is 44.4 Å². The van der Waals surface area contributed by atoms with Gasteiger partial charge in [-0.05, 0) is 76.8 Å². The third kappa shape index (κ3) is 3.67. The number of piperidine rings is 1. The zero-order valence-corrected chi connectivity index (χ0v) is 16.3. The minimum absolute atomic E-state index is 0.476. The van der Waals surface area contributed by atoms with Crippen LogP contribution in [0.4, 0.5) is 5.82 Å². The topological polar surface area (TPSA) is 52.8 Å². The fourth-order valence-electron chi connectivity index (χ4n) is 4.87. The van der Waals surface area contributed by atoms with E-state index in [0.717, 1.165) is 43.2 Å². The van der Waals surface area contributed by atoms with Gasteiger partial charge < -0.3 is 14.7 Å². The third-order valence-corrected chi connectivity index (χ3v) is 6.59. The van der Waals surface area contributed by atoms with Gasteiger partial charge >= 0.3 is 0 Å². The number of hydrogen-bond donors (Lipinski definition) is 0. The Morgan fingerprint density at radius 2 is 1.44 bits per heavy atom. The van der Waals surface area contributed by atoms with Gasteiger partial charge in [-0.1, -0.05) is 0 Å². The Balaban J connectivity index is 1.23. The molecule has 3 saturated heterocycles. The first-order valence-electron chi connectivity index (χ1n) is 10.8. The van der Waals surface area contributed by atoms with E-state index < -0.39 is 0 Å². The molecule has 3 aliphatic heterocycles. The maximum Gasteiger partial charge on any atom is 0.178 e. The highest BCUT2D eigenvalue weighted by Gasteiger charge is 2.26. The molecule has 2 aromatic rings. The van der Waals surface area contributed by atoms with Crippen LogP contribution in [0.25, 0.3) is 5.65 Å². The zero-order chi connectivity index (χ0) is 18.1. The van der Waals surface area contributed by atoms with E-state index in [0.29, 0.717) is 5.92 Å². The van der Waals surface area contributed by atoms with Gasteiger partial charge in [-0.2, -0.15) is 4.52 Å². The molecule has 7 heteroatoms. The smallest absolute Gasteiger partial charge is 0.178 e. The Labute approximate surface area is 161 Å². The molecule has 0 radical (unpaired) electrons. The van der Waals surface area contributed by atoms with Crippen molar-refractivity contribution in [3.63, 3.8) is 0 Å². The molecule has 146 valence electrons. The number of likely N-dealkylation sites (tertiary alicyclic amines) is 2. The van der Waals surface area contributed by atoms with E-state index >= 15 is 0 Å². The number of anilines is 1. The summed E-state index contributed by atoms with van der Waals surface area (Å²) < 4.78 is 2.01. The van der Waals surface area contributed by atoms with Gasteiger partial charge in [0.2, 0.25) is 0 Å². The standard InChI is InChI=1S/C20H31N7/c1-2-10-24(9-1)15-16-25-13-7-17(8-14-25)20-22-21-18-5-6-19(23-27(18)20)26-11-3-4-12-26/h5-6,17H,1-4,7-16H2. The summed E-state index contributed by atoms with van der Waals surface area (Å²) in [5.74, 6) is 2.61. The van der Waals surface area contributed by atoms with Gasteiger partial charge in [0.25, 0.3) is 0 Å². The van der Waals surface area contributed by atoms with E-state index in [2.05, 4.69) is 37.0 Å². The monoisotopic (exact) mass is 369 g/mol. The van der Waals surface area contributed by atoms with Crippen molar-refractivity contribution in [1.29, 1.82) is 0 Å². The van der Waals surface area contributed by atoms with Crippen molar-refractivity contribution >= 4 is 11.5 Å². The molecule has 3 fully saturated rings. The highest BCUT2D eigenvalue weighted by atomic mass is 15.4. The lowest BCUT2D eigenvalue weighted by Gasteiger charge is -2.32. The second-order valence-electron chi connectivity index (χ2n) is 8.38. The average Bonchev–Trinajstić information content (AvgIpc) is 3.48. The van der Waals surface area contributed by atoms with Crippen molar-refractivity contribution in [2.75, 3.05) is 57.3 Å². The summed E-state index contributed by atoms with van der Waals surface area (Å²) in [5.41, 5.74) is 0.879. The fraction of sp³-hybridized carbons (Fsp3) is 0.750. The Bertz CT molecular complexity index is 753. The number of fused-ring (bicyclic) bond motifs is 1. The van der Waals surface area contributed by atoms with Crippen molar-refractivity contribution in [3.8, 4) is 0 Å². The minimum atomic E-state index is 0.476. The molecule has 0 aromatic carbocycles.